The van der Waals surface area contributed by atoms with Gasteiger partial charge in [-0.05, 0) is 48.3 Å². The number of rotatable bonds is 5. The number of thiazole rings is 1. The number of non-ortho nitro benzene ring substituents is 1. The molecule has 0 fully saturated rings. The molecule has 1 unspecified atom stereocenters. The van der Waals surface area contributed by atoms with Crippen LogP contribution in [0.25, 0.3) is 21.1 Å². The third kappa shape index (κ3) is 5.01. The van der Waals surface area contributed by atoms with Crippen LogP contribution in [0.5, 0.6) is 0 Å². The molecule has 0 saturated heterocycles. The predicted octanol–water partition coefficient (Wildman–Crippen LogP) is 5.70. The molecule has 190 valence electrons. The highest BCUT2D eigenvalue weighted by Gasteiger charge is 2.33. The molecule has 2 aromatic carbocycles. The SMILES string of the molecule is CC(C)(C)C1CCc2nc3ccccc3c(C(=O)OCC(=O)Nc3nc4ccc([N+](=O)[O-])cc4s3)c2C1. The minimum absolute atomic E-state index is 0.0513. The Morgan fingerprint density at radius 1 is 1.16 bits per heavy atom. The zero-order valence-electron chi connectivity index (χ0n) is 20.7. The van der Waals surface area contributed by atoms with E-state index in [1.54, 1.807) is 0 Å². The molecular formula is C27H26N4O5S. The zero-order valence-corrected chi connectivity index (χ0v) is 21.6. The number of hydrogen-bond donors (Lipinski definition) is 1. The van der Waals surface area contributed by atoms with Gasteiger partial charge < -0.3 is 4.74 Å². The fourth-order valence-corrected chi connectivity index (χ4v) is 5.71. The second-order valence-corrected chi connectivity index (χ2v) is 11.3. The molecule has 0 saturated carbocycles. The van der Waals surface area contributed by atoms with Crippen LogP contribution >= 0.6 is 11.3 Å². The summed E-state index contributed by atoms with van der Waals surface area (Å²) in [6.07, 6.45) is 2.52. The average Bonchev–Trinajstić information content (AvgIpc) is 3.26. The normalized spacial score (nSPS) is 15.4. The van der Waals surface area contributed by atoms with E-state index in [2.05, 4.69) is 31.1 Å². The van der Waals surface area contributed by atoms with Gasteiger partial charge in [0.2, 0.25) is 0 Å². The van der Waals surface area contributed by atoms with Gasteiger partial charge in [-0.1, -0.05) is 50.3 Å². The minimum atomic E-state index is -0.556. The number of esters is 1. The topological polar surface area (TPSA) is 124 Å². The lowest BCUT2D eigenvalue weighted by molar-refractivity contribution is -0.384. The Labute approximate surface area is 217 Å². The Balaban J connectivity index is 1.35. The number of fused-ring (bicyclic) bond motifs is 3. The van der Waals surface area contributed by atoms with Crippen LogP contribution in [0, 0.1) is 21.4 Å². The van der Waals surface area contributed by atoms with E-state index in [-0.39, 0.29) is 16.2 Å². The molecule has 37 heavy (non-hydrogen) atoms. The van der Waals surface area contributed by atoms with Gasteiger partial charge >= 0.3 is 5.97 Å². The maximum absolute atomic E-state index is 13.4. The first-order valence-electron chi connectivity index (χ1n) is 12.0. The first kappa shape index (κ1) is 24.8. The second kappa shape index (κ2) is 9.51. The van der Waals surface area contributed by atoms with Gasteiger partial charge in [0.1, 0.15) is 0 Å². The quantitative estimate of drug-likeness (QED) is 0.204. The van der Waals surface area contributed by atoms with Gasteiger partial charge in [0.25, 0.3) is 11.6 Å². The Hall–Kier alpha value is -3.92. The lowest BCUT2D eigenvalue weighted by Crippen LogP contribution is -2.29. The van der Waals surface area contributed by atoms with E-state index in [0.717, 1.165) is 47.4 Å². The van der Waals surface area contributed by atoms with Crippen molar-refractivity contribution >= 4 is 55.2 Å². The highest BCUT2D eigenvalue weighted by molar-refractivity contribution is 7.22. The summed E-state index contributed by atoms with van der Waals surface area (Å²) in [5.74, 6) is -0.700. The fraction of sp³-hybridized carbons (Fsp3) is 0.333. The second-order valence-electron chi connectivity index (χ2n) is 10.3. The van der Waals surface area contributed by atoms with Gasteiger partial charge in [-0.15, -0.1) is 0 Å². The molecule has 10 heteroatoms. The molecule has 1 atom stereocenters. The van der Waals surface area contributed by atoms with Crippen molar-refractivity contribution in [2.24, 2.45) is 11.3 Å². The Morgan fingerprint density at radius 3 is 2.70 bits per heavy atom. The van der Waals surface area contributed by atoms with Crippen molar-refractivity contribution in [2.45, 2.75) is 40.0 Å². The fourth-order valence-electron chi connectivity index (χ4n) is 4.80. The van der Waals surface area contributed by atoms with E-state index in [0.29, 0.717) is 27.1 Å². The van der Waals surface area contributed by atoms with E-state index in [1.165, 1.54) is 18.2 Å². The summed E-state index contributed by atoms with van der Waals surface area (Å²) in [4.78, 5) is 45.6. The summed E-state index contributed by atoms with van der Waals surface area (Å²) in [5, 5.41) is 14.6. The number of aromatic nitrogens is 2. The number of pyridine rings is 1. The van der Waals surface area contributed by atoms with E-state index < -0.39 is 23.4 Å². The number of anilines is 1. The van der Waals surface area contributed by atoms with E-state index in [4.69, 9.17) is 9.72 Å². The molecule has 1 N–H and O–H groups in total. The van der Waals surface area contributed by atoms with Gasteiger partial charge in [-0.3, -0.25) is 25.2 Å². The first-order chi connectivity index (χ1) is 17.6. The average molecular weight is 519 g/mol. The van der Waals surface area contributed by atoms with Crippen molar-refractivity contribution in [3.05, 3.63) is 69.4 Å². The Kier molecular flexibility index (Phi) is 6.36. The van der Waals surface area contributed by atoms with E-state index >= 15 is 0 Å². The van der Waals surface area contributed by atoms with Crippen molar-refractivity contribution in [1.29, 1.82) is 0 Å². The first-order valence-corrected chi connectivity index (χ1v) is 12.8. The maximum Gasteiger partial charge on any atom is 0.339 e. The van der Waals surface area contributed by atoms with Gasteiger partial charge in [0.15, 0.2) is 11.7 Å². The third-order valence-electron chi connectivity index (χ3n) is 6.85. The molecule has 9 nitrogen and oxygen atoms in total. The van der Waals surface area contributed by atoms with E-state index in [1.807, 2.05) is 24.3 Å². The van der Waals surface area contributed by atoms with Gasteiger partial charge in [-0.25, -0.2) is 9.78 Å². The number of ether oxygens (including phenoxy) is 1. The third-order valence-corrected chi connectivity index (χ3v) is 7.79. The number of carbonyl (C=O) groups is 2. The lowest BCUT2D eigenvalue weighted by atomic mass is 9.70. The number of nitrogens with one attached hydrogen (secondary N) is 1. The molecule has 5 rings (SSSR count). The minimum Gasteiger partial charge on any atom is -0.452 e. The number of benzene rings is 2. The predicted molar refractivity (Wildman–Crippen MR) is 142 cm³/mol. The smallest absolute Gasteiger partial charge is 0.339 e. The van der Waals surface area contributed by atoms with Crippen molar-refractivity contribution in [3.8, 4) is 0 Å². The standard InChI is InChI=1S/C27H26N4O5S/c1-27(2,3)15-8-10-20-18(12-15)24(17-6-4-5-7-19(17)28-20)25(33)36-14-23(32)30-26-29-21-11-9-16(31(34)35)13-22(21)37-26/h4-7,9,11,13,15H,8,10,12,14H2,1-3H3,(H,29,30,32). The molecule has 0 aliphatic heterocycles. The highest BCUT2D eigenvalue weighted by atomic mass is 32.1. The molecule has 2 aromatic heterocycles. The van der Waals surface area contributed by atoms with Crippen molar-refractivity contribution in [3.63, 3.8) is 0 Å². The van der Waals surface area contributed by atoms with Crippen LogP contribution in [0.2, 0.25) is 0 Å². The van der Waals surface area contributed by atoms with Crippen LogP contribution in [0.3, 0.4) is 0 Å². The molecule has 0 spiro atoms. The summed E-state index contributed by atoms with van der Waals surface area (Å²) >= 11 is 1.11. The van der Waals surface area contributed by atoms with Crippen LogP contribution in [0.15, 0.2) is 42.5 Å². The maximum atomic E-state index is 13.4. The summed E-state index contributed by atoms with van der Waals surface area (Å²) < 4.78 is 6.06. The number of para-hydroxylation sites is 1. The zero-order chi connectivity index (χ0) is 26.3. The van der Waals surface area contributed by atoms with E-state index in [9.17, 15) is 19.7 Å². The number of amides is 1. The highest BCUT2D eigenvalue weighted by Crippen LogP contribution is 2.39. The number of nitro benzene ring substituents is 1. The van der Waals surface area contributed by atoms with Gasteiger partial charge in [-0.2, -0.15) is 0 Å². The molecule has 1 aliphatic rings. The van der Waals surface area contributed by atoms with Crippen LogP contribution in [0.4, 0.5) is 10.8 Å². The van der Waals surface area contributed by atoms with Gasteiger partial charge in [0, 0.05) is 23.2 Å². The van der Waals surface area contributed by atoms with Gasteiger partial charge in [0.05, 0.1) is 26.2 Å². The summed E-state index contributed by atoms with van der Waals surface area (Å²) in [5.41, 5.74) is 3.60. The van der Waals surface area contributed by atoms with Crippen LogP contribution < -0.4 is 5.32 Å². The van der Waals surface area contributed by atoms with Crippen LogP contribution in [-0.2, 0) is 22.4 Å². The number of hydrogen-bond acceptors (Lipinski definition) is 8. The lowest BCUT2D eigenvalue weighted by Gasteiger charge is -2.35. The summed E-state index contributed by atoms with van der Waals surface area (Å²) in [7, 11) is 0. The Morgan fingerprint density at radius 2 is 1.95 bits per heavy atom. The number of nitrogens with zero attached hydrogens (tertiary/aromatic N) is 3. The van der Waals surface area contributed by atoms with Crippen molar-refractivity contribution < 1.29 is 19.2 Å². The van der Waals surface area contributed by atoms with Crippen molar-refractivity contribution in [1.82, 2.24) is 9.97 Å². The summed E-state index contributed by atoms with van der Waals surface area (Å²) in [6.45, 7) is 6.14. The van der Waals surface area contributed by atoms with Crippen LogP contribution in [-0.4, -0.2) is 33.4 Å². The molecule has 0 bridgehead atoms. The molecule has 4 aromatic rings. The monoisotopic (exact) mass is 518 g/mol. The van der Waals surface area contributed by atoms with Crippen LogP contribution in [0.1, 0.15) is 48.8 Å². The molecule has 2 heterocycles. The Bertz CT molecular complexity index is 1560. The molecular weight excluding hydrogens is 492 g/mol. The molecule has 1 amide bonds. The summed E-state index contributed by atoms with van der Waals surface area (Å²) in [6, 6.07) is 11.8. The number of nitro groups is 1. The number of carbonyl (C=O) groups excluding carboxylic acids is 2. The number of aryl methyl sites for hydroxylation is 1. The molecule has 0 radical (unpaired) electrons. The van der Waals surface area contributed by atoms with Crippen molar-refractivity contribution in [2.75, 3.05) is 11.9 Å². The molecule has 1 aliphatic carbocycles. The largest absolute Gasteiger partial charge is 0.452 e.